The van der Waals surface area contributed by atoms with E-state index < -0.39 is 23.8 Å². The Kier molecular flexibility index (Phi) is 6.59. The van der Waals surface area contributed by atoms with E-state index in [1.54, 1.807) is 18.7 Å². The van der Waals surface area contributed by atoms with Gasteiger partial charge in [0.25, 0.3) is 0 Å². The van der Waals surface area contributed by atoms with Crippen molar-refractivity contribution in [3.05, 3.63) is 59.5 Å². The molecule has 3 rings (SSSR count). The Bertz CT molecular complexity index is 1120. The molecule has 1 aromatic rings. The second-order valence-electron chi connectivity index (χ2n) is 6.87. The zero-order chi connectivity index (χ0) is 23.2. The first-order valence-electron chi connectivity index (χ1n) is 9.03. The Morgan fingerprint density at radius 3 is 2.42 bits per heavy atom. The SMILES string of the molecule is COC(=O)C1=CC(C(=O)c2cc(Cl)c(C)c(Br)c2O)=C2SC(C)=C(C)N2C1C(=O)OC. The molecule has 0 fully saturated rings. The van der Waals surface area contributed by atoms with Gasteiger partial charge in [-0.3, -0.25) is 4.79 Å². The lowest BCUT2D eigenvalue weighted by molar-refractivity contribution is -0.147. The van der Waals surface area contributed by atoms with Crippen molar-refractivity contribution in [3.8, 4) is 5.75 Å². The molecule has 164 valence electrons. The average molecular weight is 529 g/mol. The van der Waals surface area contributed by atoms with E-state index in [-0.39, 0.29) is 22.5 Å². The first-order valence-corrected chi connectivity index (χ1v) is 11.0. The van der Waals surface area contributed by atoms with E-state index in [1.165, 1.54) is 38.1 Å². The number of halogens is 2. The molecule has 2 aliphatic rings. The number of hydrogen-bond donors (Lipinski definition) is 1. The fourth-order valence-electron chi connectivity index (χ4n) is 3.34. The van der Waals surface area contributed by atoms with Gasteiger partial charge in [-0.1, -0.05) is 23.4 Å². The molecule has 1 unspecified atom stereocenters. The van der Waals surface area contributed by atoms with Gasteiger partial charge in [0.1, 0.15) is 5.75 Å². The fourth-order valence-corrected chi connectivity index (χ4v) is 5.22. The molecule has 2 heterocycles. The number of benzene rings is 1. The molecule has 0 radical (unpaired) electrons. The number of hydrogen-bond acceptors (Lipinski definition) is 8. The van der Waals surface area contributed by atoms with E-state index in [0.717, 1.165) is 4.91 Å². The number of aromatic hydroxyl groups is 1. The Balaban J connectivity index is 2.27. The second-order valence-corrected chi connectivity index (χ2v) is 9.28. The summed E-state index contributed by atoms with van der Waals surface area (Å²) in [5, 5.41) is 11.3. The van der Waals surface area contributed by atoms with Crippen molar-refractivity contribution in [2.45, 2.75) is 26.8 Å². The first-order chi connectivity index (χ1) is 14.5. The molecule has 0 aromatic heterocycles. The molecule has 2 aliphatic heterocycles. The summed E-state index contributed by atoms with van der Waals surface area (Å²) >= 11 is 10.8. The summed E-state index contributed by atoms with van der Waals surface area (Å²) in [5.41, 5.74) is 1.32. The van der Waals surface area contributed by atoms with Gasteiger partial charge in [-0.25, -0.2) is 9.59 Å². The lowest BCUT2D eigenvalue weighted by Gasteiger charge is -2.34. The second kappa shape index (κ2) is 8.72. The van der Waals surface area contributed by atoms with Gasteiger partial charge in [0.15, 0.2) is 11.8 Å². The standard InChI is InChI=1S/C21H19BrClNO6S/c1-8-14(23)7-12(18(26)15(8)22)17(25)13-6-11(20(27)29-4)16(21(28)30-5)24-9(2)10(3)31-19(13)24/h6-7,16,26H,1-5H3. The largest absolute Gasteiger partial charge is 0.506 e. The summed E-state index contributed by atoms with van der Waals surface area (Å²) in [5.74, 6) is -2.26. The van der Waals surface area contributed by atoms with Crippen molar-refractivity contribution < 1.29 is 29.0 Å². The summed E-state index contributed by atoms with van der Waals surface area (Å²) < 4.78 is 10.1. The molecule has 0 spiro atoms. The molecule has 0 bridgehead atoms. The molecule has 1 N–H and O–H groups in total. The van der Waals surface area contributed by atoms with Gasteiger partial charge in [0, 0.05) is 15.6 Å². The topological polar surface area (TPSA) is 93.1 Å². The number of rotatable bonds is 4. The number of methoxy groups -OCH3 is 2. The quantitative estimate of drug-likeness (QED) is 0.452. The Labute approximate surface area is 196 Å². The average Bonchev–Trinajstić information content (AvgIpc) is 3.06. The van der Waals surface area contributed by atoms with Crippen LogP contribution in [0.15, 0.2) is 43.4 Å². The van der Waals surface area contributed by atoms with Crippen LogP contribution >= 0.6 is 39.3 Å². The van der Waals surface area contributed by atoms with Crippen molar-refractivity contribution in [2.75, 3.05) is 14.2 Å². The Hall–Kier alpha value is -2.23. The van der Waals surface area contributed by atoms with Crippen LogP contribution in [0.3, 0.4) is 0 Å². The number of ketones is 1. The van der Waals surface area contributed by atoms with E-state index in [0.29, 0.717) is 25.8 Å². The zero-order valence-electron chi connectivity index (χ0n) is 17.3. The van der Waals surface area contributed by atoms with Crippen LogP contribution in [0.4, 0.5) is 0 Å². The van der Waals surface area contributed by atoms with Gasteiger partial charge in [-0.2, -0.15) is 0 Å². The number of phenolic OH excluding ortho intramolecular Hbond substituents is 1. The molecular weight excluding hydrogens is 510 g/mol. The van der Waals surface area contributed by atoms with Crippen molar-refractivity contribution >= 4 is 57.0 Å². The fraction of sp³-hybridized carbons (Fsp3) is 0.286. The van der Waals surface area contributed by atoms with E-state index in [1.807, 2.05) is 6.92 Å². The van der Waals surface area contributed by atoms with Gasteiger partial charge in [0.05, 0.1) is 40.4 Å². The maximum Gasteiger partial charge on any atom is 0.336 e. The third kappa shape index (κ3) is 3.79. The van der Waals surface area contributed by atoms with Crippen LogP contribution in [0.25, 0.3) is 0 Å². The molecular formula is C21H19BrClNO6S. The summed E-state index contributed by atoms with van der Waals surface area (Å²) in [7, 11) is 2.41. The van der Waals surface area contributed by atoms with Crippen LogP contribution < -0.4 is 0 Å². The molecule has 1 atom stereocenters. The number of ether oxygens (including phenoxy) is 2. The summed E-state index contributed by atoms with van der Waals surface area (Å²) in [6.07, 6.45) is 1.32. The lowest BCUT2D eigenvalue weighted by Crippen LogP contribution is -2.44. The molecule has 0 aliphatic carbocycles. The normalized spacial score (nSPS) is 18.1. The number of carbonyl (C=O) groups excluding carboxylic acids is 3. The van der Waals surface area contributed by atoms with Crippen LogP contribution in [0.2, 0.25) is 5.02 Å². The minimum absolute atomic E-state index is 0.0373. The van der Waals surface area contributed by atoms with Gasteiger partial charge < -0.3 is 19.5 Å². The third-order valence-electron chi connectivity index (χ3n) is 5.18. The van der Waals surface area contributed by atoms with Gasteiger partial charge >= 0.3 is 11.9 Å². The number of fused-ring (bicyclic) bond motifs is 1. The van der Waals surface area contributed by atoms with Crippen molar-refractivity contribution in [1.29, 1.82) is 0 Å². The zero-order valence-corrected chi connectivity index (χ0v) is 20.5. The van der Waals surface area contributed by atoms with Crippen LogP contribution in [0, 0.1) is 6.92 Å². The number of thioether (sulfide) groups is 1. The van der Waals surface area contributed by atoms with E-state index in [4.69, 9.17) is 21.1 Å². The minimum atomic E-state index is -1.10. The highest BCUT2D eigenvalue weighted by atomic mass is 79.9. The van der Waals surface area contributed by atoms with Crippen molar-refractivity contribution in [1.82, 2.24) is 4.90 Å². The van der Waals surface area contributed by atoms with Gasteiger partial charge in [-0.15, -0.1) is 0 Å². The molecule has 31 heavy (non-hydrogen) atoms. The summed E-state index contributed by atoms with van der Waals surface area (Å²) in [4.78, 5) is 41.1. The van der Waals surface area contributed by atoms with E-state index in [9.17, 15) is 19.5 Å². The maximum atomic E-state index is 13.5. The number of nitrogens with zero attached hydrogens (tertiary/aromatic N) is 1. The smallest absolute Gasteiger partial charge is 0.336 e. The van der Waals surface area contributed by atoms with Gasteiger partial charge in [-0.05, 0) is 54.4 Å². The van der Waals surface area contributed by atoms with Gasteiger partial charge in [0.2, 0.25) is 0 Å². The number of allylic oxidation sites excluding steroid dienone is 4. The number of carbonyl (C=O) groups is 3. The highest BCUT2D eigenvalue weighted by molar-refractivity contribution is 9.10. The monoisotopic (exact) mass is 527 g/mol. The molecule has 0 amide bonds. The van der Waals surface area contributed by atoms with Crippen LogP contribution in [-0.2, 0) is 19.1 Å². The van der Waals surface area contributed by atoms with E-state index in [2.05, 4.69) is 15.9 Å². The molecule has 10 heteroatoms. The van der Waals surface area contributed by atoms with Crippen molar-refractivity contribution in [2.24, 2.45) is 0 Å². The van der Waals surface area contributed by atoms with Crippen LogP contribution in [-0.4, -0.2) is 48.0 Å². The predicted molar refractivity (Wildman–Crippen MR) is 121 cm³/mol. The number of Topliss-reactive ketones (excluding diaryl/α,β-unsaturated/α-hetero) is 1. The minimum Gasteiger partial charge on any atom is -0.506 e. The first kappa shape index (κ1) is 23.4. The molecule has 7 nitrogen and oxygen atoms in total. The van der Waals surface area contributed by atoms with Crippen LogP contribution in [0.1, 0.15) is 29.8 Å². The molecule has 0 saturated carbocycles. The Morgan fingerprint density at radius 2 is 1.84 bits per heavy atom. The molecule has 0 saturated heterocycles. The lowest BCUT2D eigenvalue weighted by atomic mass is 9.93. The Morgan fingerprint density at radius 1 is 1.19 bits per heavy atom. The summed E-state index contributed by atoms with van der Waals surface area (Å²) in [6, 6.07) is 0.276. The van der Waals surface area contributed by atoms with Crippen molar-refractivity contribution in [3.63, 3.8) is 0 Å². The third-order valence-corrected chi connectivity index (χ3v) is 7.75. The van der Waals surface area contributed by atoms with E-state index >= 15 is 0 Å². The number of esters is 2. The number of phenols is 1. The highest BCUT2D eigenvalue weighted by Crippen LogP contribution is 2.49. The molecule has 1 aromatic carbocycles. The predicted octanol–water partition coefficient (Wildman–Crippen LogP) is 4.47. The highest BCUT2D eigenvalue weighted by Gasteiger charge is 2.45. The van der Waals surface area contributed by atoms with Crippen LogP contribution in [0.5, 0.6) is 5.75 Å². The summed E-state index contributed by atoms with van der Waals surface area (Å²) in [6.45, 7) is 5.32. The maximum absolute atomic E-state index is 13.5.